The zero-order valence-corrected chi connectivity index (χ0v) is 12.9. The summed E-state index contributed by atoms with van der Waals surface area (Å²) in [4.78, 5) is 4.24. The van der Waals surface area contributed by atoms with E-state index in [1.807, 2.05) is 58.8 Å². The monoisotopic (exact) mass is 274 g/mol. The molecule has 1 aliphatic heterocycles. The first-order chi connectivity index (χ1) is 9.21. The molecular formula is C15H23BN2O2. The van der Waals surface area contributed by atoms with Gasteiger partial charge >= 0.3 is 7.12 Å². The van der Waals surface area contributed by atoms with Crippen LogP contribution in [-0.4, -0.2) is 23.3 Å². The van der Waals surface area contributed by atoms with Gasteiger partial charge in [0, 0.05) is 12.2 Å². The van der Waals surface area contributed by atoms with Crippen LogP contribution in [0.1, 0.15) is 51.9 Å². The standard InChI is InChI=1S/C15H23BN2O2/c1-11(17)13-10-12(7-9-18-13)6-8-16-19-14(2,3)15(4,5)20-16/h6-11H,17H2,1-5H3/b8-6+. The lowest BCUT2D eigenvalue weighted by Gasteiger charge is -2.32. The summed E-state index contributed by atoms with van der Waals surface area (Å²) in [6.07, 6.45) is 3.75. The molecule has 0 saturated carbocycles. The molecule has 2 N–H and O–H groups in total. The Balaban J connectivity index is 2.10. The van der Waals surface area contributed by atoms with Crippen molar-refractivity contribution in [2.24, 2.45) is 5.73 Å². The Morgan fingerprint density at radius 3 is 2.40 bits per heavy atom. The molecule has 2 rings (SSSR count). The van der Waals surface area contributed by atoms with E-state index in [0.717, 1.165) is 11.3 Å². The Labute approximate surface area is 121 Å². The van der Waals surface area contributed by atoms with Gasteiger partial charge in [-0.2, -0.15) is 0 Å². The summed E-state index contributed by atoms with van der Waals surface area (Å²) >= 11 is 0. The summed E-state index contributed by atoms with van der Waals surface area (Å²) in [6.45, 7) is 10.1. The number of nitrogens with two attached hydrogens (primary N) is 1. The summed E-state index contributed by atoms with van der Waals surface area (Å²) in [5.41, 5.74) is 7.14. The van der Waals surface area contributed by atoms with Crippen molar-refractivity contribution < 1.29 is 9.31 Å². The van der Waals surface area contributed by atoms with Gasteiger partial charge in [0.2, 0.25) is 0 Å². The molecule has 1 fully saturated rings. The lowest BCUT2D eigenvalue weighted by molar-refractivity contribution is 0.00578. The van der Waals surface area contributed by atoms with Gasteiger partial charge in [0.1, 0.15) is 0 Å². The van der Waals surface area contributed by atoms with Crippen LogP contribution in [0.15, 0.2) is 24.3 Å². The van der Waals surface area contributed by atoms with E-state index >= 15 is 0 Å². The molecule has 5 heteroatoms. The van der Waals surface area contributed by atoms with Crippen molar-refractivity contribution in [3.8, 4) is 0 Å². The Hall–Kier alpha value is -1.17. The molecule has 2 heterocycles. The minimum atomic E-state index is -0.327. The molecule has 1 saturated heterocycles. The summed E-state index contributed by atoms with van der Waals surface area (Å²) in [7, 11) is -0.327. The number of pyridine rings is 1. The molecule has 1 unspecified atom stereocenters. The van der Waals surface area contributed by atoms with Crippen molar-refractivity contribution in [3.63, 3.8) is 0 Å². The predicted molar refractivity (Wildman–Crippen MR) is 82.0 cm³/mol. The fourth-order valence-electron chi connectivity index (χ4n) is 1.98. The lowest BCUT2D eigenvalue weighted by atomic mass is 9.89. The molecule has 0 aromatic carbocycles. The van der Waals surface area contributed by atoms with Crippen molar-refractivity contribution in [3.05, 3.63) is 35.6 Å². The number of hydrogen-bond donors (Lipinski definition) is 1. The van der Waals surface area contributed by atoms with E-state index in [4.69, 9.17) is 15.0 Å². The largest absolute Gasteiger partial charge is 0.487 e. The number of hydrogen-bond acceptors (Lipinski definition) is 4. The van der Waals surface area contributed by atoms with Crippen LogP contribution in [0, 0.1) is 0 Å². The van der Waals surface area contributed by atoms with Gasteiger partial charge in [0.05, 0.1) is 16.9 Å². The van der Waals surface area contributed by atoms with Crippen LogP contribution in [0.2, 0.25) is 0 Å². The maximum Gasteiger partial charge on any atom is 0.487 e. The highest BCUT2D eigenvalue weighted by atomic mass is 16.7. The van der Waals surface area contributed by atoms with Crippen LogP contribution in [0.3, 0.4) is 0 Å². The molecule has 4 nitrogen and oxygen atoms in total. The van der Waals surface area contributed by atoms with Gasteiger partial charge in [-0.1, -0.05) is 12.1 Å². The second kappa shape index (κ2) is 5.32. The summed E-state index contributed by atoms with van der Waals surface area (Å²) in [5.74, 6) is 1.93. The molecule has 108 valence electrons. The van der Waals surface area contributed by atoms with E-state index in [2.05, 4.69) is 4.98 Å². The highest BCUT2D eigenvalue weighted by Crippen LogP contribution is 2.37. The van der Waals surface area contributed by atoms with Crippen LogP contribution < -0.4 is 5.73 Å². The smallest absolute Gasteiger partial charge is 0.400 e. The molecule has 0 amide bonds. The normalized spacial score (nSPS) is 22.4. The first-order valence-corrected chi connectivity index (χ1v) is 6.97. The quantitative estimate of drug-likeness (QED) is 0.861. The molecule has 1 atom stereocenters. The van der Waals surface area contributed by atoms with Crippen LogP contribution in [0.25, 0.3) is 6.08 Å². The number of nitrogens with zero attached hydrogens (tertiary/aromatic N) is 1. The average Bonchev–Trinajstić information content (AvgIpc) is 2.56. The highest BCUT2D eigenvalue weighted by molar-refractivity contribution is 6.52. The van der Waals surface area contributed by atoms with E-state index in [1.165, 1.54) is 0 Å². The Morgan fingerprint density at radius 1 is 1.25 bits per heavy atom. The van der Waals surface area contributed by atoms with E-state index in [9.17, 15) is 0 Å². The summed E-state index contributed by atoms with van der Waals surface area (Å²) < 4.78 is 11.8. The summed E-state index contributed by atoms with van der Waals surface area (Å²) in [5, 5.41) is 0. The van der Waals surface area contributed by atoms with Crippen LogP contribution in [0.4, 0.5) is 0 Å². The molecule has 1 aromatic rings. The molecule has 1 aromatic heterocycles. The number of aromatic nitrogens is 1. The van der Waals surface area contributed by atoms with Gasteiger partial charge in [0.15, 0.2) is 0 Å². The Morgan fingerprint density at radius 2 is 1.85 bits per heavy atom. The fourth-order valence-corrected chi connectivity index (χ4v) is 1.98. The zero-order chi connectivity index (χ0) is 15.0. The van der Waals surface area contributed by atoms with Gasteiger partial charge in [-0.25, -0.2) is 0 Å². The Bertz CT molecular complexity index is 496. The minimum Gasteiger partial charge on any atom is -0.400 e. The van der Waals surface area contributed by atoms with Crippen molar-refractivity contribution in [1.82, 2.24) is 4.98 Å². The maximum absolute atomic E-state index is 5.91. The van der Waals surface area contributed by atoms with Gasteiger partial charge < -0.3 is 15.0 Å². The van der Waals surface area contributed by atoms with E-state index in [0.29, 0.717) is 0 Å². The van der Waals surface area contributed by atoms with Crippen molar-refractivity contribution in [1.29, 1.82) is 0 Å². The lowest BCUT2D eigenvalue weighted by Crippen LogP contribution is -2.41. The Kier molecular flexibility index (Phi) is 4.05. The predicted octanol–water partition coefficient (Wildman–Crippen LogP) is 2.75. The summed E-state index contributed by atoms with van der Waals surface area (Å²) in [6, 6.07) is 3.85. The molecule has 0 spiro atoms. The molecule has 1 aliphatic rings. The van der Waals surface area contributed by atoms with Crippen LogP contribution >= 0.6 is 0 Å². The van der Waals surface area contributed by atoms with Gasteiger partial charge in [-0.15, -0.1) is 0 Å². The van der Waals surface area contributed by atoms with E-state index < -0.39 is 0 Å². The first-order valence-electron chi connectivity index (χ1n) is 6.97. The highest BCUT2D eigenvalue weighted by Gasteiger charge is 2.49. The van der Waals surface area contributed by atoms with Crippen LogP contribution in [0.5, 0.6) is 0 Å². The second-order valence-electron chi connectivity index (χ2n) is 6.29. The molecule has 20 heavy (non-hydrogen) atoms. The van der Waals surface area contributed by atoms with Gasteiger partial charge in [-0.05, 0) is 52.3 Å². The SMILES string of the molecule is CC(N)c1cc(/C=C/B2OC(C)(C)C(C)(C)O2)ccn1. The van der Waals surface area contributed by atoms with Crippen molar-refractivity contribution in [2.45, 2.75) is 51.9 Å². The maximum atomic E-state index is 5.91. The zero-order valence-electron chi connectivity index (χ0n) is 12.9. The molecule has 0 radical (unpaired) electrons. The van der Waals surface area contributed by atoms with Gasteiger partial charge in [0.25, 0.3) is 0 Å². The van der Waals surface area contributed by atoms with Crippen molar-refractivity contribution in [2.75, 3.05) is 0 Å². The molecule has 0 aliphatic carbocycles. The topological polar surface area (TPSA) is 57.4 Å². The number of rotatable bonds is 3. The van der Waals surface area contributed by atoms with E-state index in [-0.39, 0.29) is 24.4 Å². The third-order valence-corrected chi connectivity index (χ3v) is 3.99. The third kappa shape index (κ3) is 3.11. The second-order valence-corrected chi connectivity index (χ2v) is 6.29. The van der Waals surface area contributed by atoms with E-state index in [1.54, 1.807) is 6.20 Å². The molecular weight excluding hydrogens is 251 g/mol. The average molecular weight is 274 g/mol. The first kappa shape index (κ1) is 15.2. The van der Waals surface area contributed by atoms with Gasteiger partial charge in [-0.3, -0.25) is 4.98 Å². The third-order valence-electron chi connectivity index (χ3n) is 3.99. The molecule has 0 bridgehead atoms. The van der Waals surface area contributed by atoms with Crippen LogP contribution in [-0.2, 0) is 9.31 Å². The fraction of sp³-hybridized carbons (Fsp3) is 0.533. The minimum absolute atomic E-state index is 0.0693. The van der Waals surface area contributed by atoms with Crippen molar-refractivity contribution >= 4 is 13.2 Å².